The predicted octanol–water partition coefficient (Wildman–Crippen LogP) is -6.26. The number of hydroxylamine groups is 4. The number of carbonyl (C=O) groups is 16. The van der Waals surface area contributed by atoms with Crippen LogP contribution in [-0.4, -0.2) is 377 Å². The van der Waals surface area contributed by atoms with Crippen molar-refractivity contribution in [1.29, 1.82) is 0 Å². The number of hydrogen-bond acceptors (Lipinski definition) is 51. The average Bonchev–Trinajstić information content (AvgIpc) is 0.806. The minimum atomic E-state index is -5.24. The van der Waals surface area contributed by atoms with Gasteiger partial charge < -0.3 is 101 Å². The summed E-state index contributed by atoms with van der Waals surface area (Å²) in [4.78, 5) is 217. The molecule has 6 atom stereocenters. The van der Waals surface area contributed by atoms with E-state index >= 15 is 9.59 Å². The summed E-state index contributed by atoms with van der Waals surface area (Å²) in [5.74, 6) is -43.0. The summed E-state index contributed by atoms with van der Waals surface area (Å²) in [5, 5.41) is 22.9. The molecule has 0 aliphatic rings. The highest BCUT2D eigenvalue weighted by molar-refractivity contribution is 7.92. The highest BCUT2D eigenvalue weighted by atomic mass is 32.2. The molecule has 0 aliphatic carbocycles. The van der Waals surface area contributed by atoms with Crippen LogP contribution in [0.4, 0.5) is 0 Å². The molecule has 0 bridgehead atoms. The van der Waals surface area contributed by atoms with Gasteiger partial charge >= 0.3 is 95.5 Å². The van der Waals surface area contributed by atoms with Gasteiger partial charge in [0.2, 0.25) is 0 Å². The van der Waals surface area contributed by atoms with Crippen molar-refractivity contribution >= 4 is 176 Å². The topological polar surface area (TPSA) is 810 Å². The van der Waals surface area contributed by atoms with Gasteiger partial charge in [0.25, 0.3) is 30.4 Å². The molecule has 0 fully saturated rings. The molecule has 6 unspecified atom stereocenters. The fourth-order valence-electron chi connectivity index (χ4n) is 8.53. The largest absolute Gasteiger partial charge is 0.785 e. The maximum absolute atomic E-state index is 15.2. The second kappa shape index (κ2) is 49.3. The van der Waals surface area contributed by atoms with Crippen LogP contribution in [0.5, 0.6) is 0 Å². The molecule has 0 rings (SSSR count). The quantitative estimate of drug-likeness (QED) is 0.0110. The Morgan fingerprint density at radius 3 is 0.641 bits per heavy atom. The summed E-state index contributed by atoms with van der Waals surface area (Å²) < 4.78 is 299. The van der Waals surface area contributed by atoms with Gasteiger partial charge in [-0.3, -0.25) is 90.4 Å². The number of rotatable bonds is 60. The predicted molar refractivity (Wildman–Crippen MR) is 420 cm³/mol. The van der Waals surface area contributed by atoms with Gasteiger partial charge in [-0.2, -0.15) is 25.3 Å². The zero-order valence-corrected chi connectivity index (χ0v) is 77.6. The zero-order chi connectivity index (χ0) is 99.9. The van der Waals surface area contributed by atoms with Crippen LogP contribution in [0, 0.1) is 53.7 Å². The molecule has 0 amide bonds. The molecule has 0 aromatic heterocycles. The summed E-state index contributed by atoms with van der Waals surface area (Å²) >= 11 is -2.96. The molecule has 0 heterocycles. The first-order valence-electron chi connectivity index (χ1n) is 35.8. The molecule has 0 aromatic rings. The normalized spacial score (nSPS) is 15.5. The van der Waals surface area contributed by atoms with Gasteiger partial charge in [-0.1, -0.05) is 6.92 Å². The summed E-state index contributed by atoms with van der Waals surface area (Å²) in [6, 6.07) is 0. The molecule has 0 saturated carbocycles. The van der Waals surface area contributed by atoms with E-state index in [2.05, 4.69) is 0 Å². The Kier molecular flexibility index (Phi) is 45.8. The van der Waals surface area contributed by atoms with Crippen molar-refractivity contribution < 1.29 is 234 Å². The highest BCUT2D eigenvalue weighted by Gasteiger charge is 2.51. The monoisotopic (exact) mass is 2010 g/mol. The summed E-state index contributed by atoms with van der Waals surface area (Å²) in [6.07, 6.45) is 1.25. The molecule has 0 aromatic carbocycles. The van der Waals surface area contributed by atoms with E-state index in [-0.39, 0.29) is 16.5 Å². The molecule has 0 radical (unpaired) electrons. The Hall–Kier alpha value is -9.00. The van der Waals surface area contributed by atoms with E-state index in [1.807, 2.05) is 0 Å². The Morgan fingerprint density at radius 2 is 0.461 bits per heavy atom. The van der Waals surface area contributed by atoms with E-state index in [9.17, 15) is 159 Å². The van der Waals surface area contributed by atoms with Crippen LogP contribution in [0.3, 0.4) is 0 Å². The summed E-state index contributed by atoms with van der Waals surface area (Å²) in [5.41, 5.74) is -20.9. The van der Waals surface area contributed by atoms with Crippen LogP contribution in [0.25, 0.3) is 0 Å². The van der Waals surface area contributed by atoms with E-state index in [0.717, 1.165) is 41.8 Å². The SMILES string of the molecule is CCC(C)(C)C(=O)OCCOC(=O)C(C)(COC(=O)C(C)(COC(=O)C(C)(COC(=O)CS(=O)O)COC(=O)CS(=O)(=O)O)COC(=O)C(C)(COC(=O)CS(=O)(=O)O)COC(=O)CS(=O)(=O)O)COC(=O)C(C)(COC(=O)C(C)(COC(=O)CS(C)(=O)=O)COC(=O)CS(=O)(=O)CN(C)[O-])COC(=O)C(C)(COC(=O)CS(C)(=O)=O)COC(=O)CS(=O)(=O)CN(C)[O-]. The van der Waals surface area contributed by atoms with Crippen LogP contribution in [0.15, 0.2) is 0 Å². The Bertz CT molecular complexity index is 4740. The third-order valence-electron chi connectivity index (χ3n) is 16.3. The number of carbonyl (C=O) groups excluding carboxylic acids is 16. The molecular formula is C65H100N2O53S8-2. The lowest BCUT2D eigenvalue weighted by atomic mass is 9.89. The minimum Gasteiger partial charge on any atom is -0.785 e. The number of ether oxygens (including phenoxy) is 16. The second-order valence-corrected chi connectivity index (χ2v) is 44.9. The van der Waals surface area contributed by atoms with Crippen LogP contribution < -0.4 is 0 Å². The Morgan fingerprint density at radius 1 is 0.289 bits per heavy atom. The molecule has 0 spiro atoms. The molecule has 0 aliphatic heterocycles. The average molecular weight is 2010 g/mol. The van der Waals surface area contributed by atoms with Gasteiger partial charge in [-0.15, -0.1) is 0 Å². The van der Waals surface area contributed by atoms with Crippen molar-refractivity contribution in [3.8, 4) is 0 Å². The highest BCUT2D eigenvalue weighted by Crippen LogP contribution is 2.34. The number of hydrogen-bond donors (Lipinski definition) is 4. The first-order valence-corrected chi connectivity index (χ1v) is 49.7. The molecule has 4 N–H and O–H groups in total. The second-order valence-electron chi connectivity index (χ2n) is 31.3. The fraction of sp³-hybridized carbons (Fsp3) is 0.754. The fourth-order valence-corrected chi connectivity index (χ4v) is 13.2. The van der Waals surface area contributed by atoms with Crippen molar-refractivity contribution in [2.24, 2.45) is 43.3 Å². The first kappa shape index (κ1) is 119. The Labute approximate surface area is 735 Å². The van der Waals surface area contributed by atoms with E-state index in [0.29, 0.717) is 33.3 Å². The van der Waals surface area contributed by atoms with Crippen molar-refractivity contribution in [1.82, 2.24) is 10.1 Å². The lowest BCUT2D eigenvalue weighted by Gasteiger charge is -2.34. The van der Waals surface area contributed by atoms with Gasteiger partial charge in [-0.05, 0) is 82.8 Å². The lowest BCUT2D eigenvalue weighted by molar-refractivity contribution is -0.186. The minimum absolute atomic E-state index is 0.128. The zero-order valence-electron chi connectivity index (χ0n) is 71.0. The van der Waals surface area contributed by atoms with Crippen LogP contribution in [0.2, 0.25) is 0 Å². The van der Waals surface area contributed by atoms with Gasteiger partial charge in [0.1, 0.15) is 172 Å². The molecule has 0 saturated heterocycles. The van der Waals surface area contributed by atoms with Crippen LogP contribution in [-0.2, 0) is 233 Å². The van der Waals surface area contributed by atoms with Crippen molar-refractivity contribution in [2.45, 2.75) is 75.7 Å². The third kappa shape index (κ3) is 47.5. The van der Waals surface area contributed by atoms with E-state index < -0.39 is 383 Å². The summed E-state index contributed by atoms with van der Waals surface area (Å²) in [6.45, 7) is -13.7. The number of nitrogens with zero attached hydrogens (tertiary/aromatic N) is 2. The van der Waals surface area contributed by atoms with Gasteiger partial charge in [0.15, 0.2) is 67.7 Å². The van der Waals surface area contributed by atoms with Crippen LogP contribution >= 0.6 is 0 Å². The van der Waals surface area contributed by atoms with Gasteiger partial charge in [0.05, 0.1) is 17.2 Å². The molecule has 55 nitrogen and oxygen atoms in total. The molecular weight excluding hydrogens is 1910 g/mol. The van der Waals surface area contributed by atoms with Crippen molar-refractivity contribution in [3.63, 3.8) is 0 Å². The molecule has 63 heteroatoms. The van der Waals surface area contributed by atoms with E-state index in [1.54, 1.807) is 6.92 Å². The van der Waals surface area contributed by atoms with Crippen LogP contribution in [0.1, 0.15) is 75.7 Å². The molecule has 738 valence electrons. The number of sulfone groups is 4. The number of esters is 16. The maximum atomic E-state index is 15.2. The summed E-state index contributed by atoms with van der Waals surface area (Å²) in [7, 11) is -32.0. The lowest BCUT2D eigenvalue weighted by Crippen LogP contribution is -2.49. The molecule has 128 heavy (non-hydrogen) atoms. The first-order chi connectivity index (χ1) is 57.7. The smallest absolute Gasteiger partial charge is 0.323 e. The maximum Gasteiger partial charge on any atom is 0.323 e. The van der Waals surface area contributed by atoms with Crippen molar-refractivity contribution in [2.75, 3.05) is 190 Å². The van der Waals surface area contributed by atoms with E-state index in [4.69, 9.17) is 75.8 Å². The van der Waals surface area contributed by atoms with Gasteiger partial charge in [0, 0.05) is 12.5 Å². The third-order valence-corrected chi connectivity index (χ3v) is 23.0. The van der Waals surface area contributed by atoms with E-state index in [1.165, 1.54) is 13.8 Å². The Balaban J connectivity index is 9.16. The van der Waals surface area contributed by atoms with Gasteiger partial charge in [-0.25, -0.2) is 37.9 Å². The standard InChI is InChI=1S/C65H100N2O53S8/c1-15-58(2,3)50(76)105-16-17-106-51(77)63(8,34-115-56(82)64(9,36-117-52(78)59(4,26-107-42(68)18-121(86)87)31-112-47(73)23-126(96,97)98)39-120-55(81)62(7,32-113-48(74)24-127(99,100)101)33-114-49(75)25-128(102,103)104)35-116-57(83)65(10,37-118-53(79)60(5,27-108-43(69)19-122(13,88)89)29-110-45(71)21-124(92,93)40-66(11)84)38-119-54(80)61(6,28-109-44(70)20-123(14,90)91)30-111-46(72)22-125(94,95)41-67(12)85/h15-41H2,1-14H3,(H,86,87)(H,96,97,98)(H,99,100,101)(H,102,103,104)/q-2. The van der Waals surface area contributed by atoms with Crippen molar-refractivity contribution in [3.05, 3.63) is 10.4 Å².